The monoisotopic (exact) mass is 279 g/mol. The molecule has 0 spiro atoms. The van der Waals surface area contributed by atoms with Gasteiger partial charge in [0.1, 0.15) is 0 Å². The first-order valence-electron chi connectivity index (χ1n) is 7.86. The van der Waals surface area contributed by atoms with E-state index >= 15 is 0 Å². The highest BCUT2D eigenvalue weighted by molar-refractivity contribution is 5.75. The topological polar surface area (TPSA) is 64.6 Å². The summed E-state index contributed by atoms with van der Waals surface area (Å²) in [6.45, 7) is 2.47. The number of fused-ring (bicyclic) bond motifs is 1. The summed E-state index contributed by atoms with van der Waals surface area (Å²) in [5.41, 5.74) is 0. The van der Waals surface area contributed by atoms with E-state index in [1.165, 1.54) is 25.8 Å². The van der Waals surface area contributed by atoms with Crippen LogP contribution in [-0.2, 0) is 0 Å². The van der Waals surface area contributed by atoms with Crippen LogP contribution < -0.4 is 10.6 Å². The predicted molar refractivity (Wildman–Crippen MR) is 77.4 cm³/mol. The van der Waals surface area contributed by atoms with Crippen molar-refractivity contribution in [1.29, 1.82) is 0 Å². The van der Waals surface area contributed by atoms with E-state index in [2.05, 4.69) is 15.5 Å². The first-order chi connectivity index (χ1) is 9.76. The average Bonchev–Trinajstić information content (AvgIpc) is 3.06. The van der Waals surface area contributed by atoms with Gasteiger partial charge in [0.25, 0.3) is 0 Å². The highest BCUT2D eigenvalue weighted by atomic mass is 16.3. The lowest BCUT2D eigenvalue weighted by Crippen LogP contribution is -2.51. The third-order valence-corrected chi connectivity index (χ3v) is 4.90. The molecule has 0 aromatic rings. The quantitative estimate of drug-likeness (QED) is 0.671. The zero-order valence-electron chi connectivity index (χ0n) is 11.9. The minimum atomic E-state index is -0.0596. The number of aliphatic hydroxyl groups is 1. The second-order valence-corrected chi connectivity index (χ2v) is 6.28. The first-order valence-corrected chi connectivity index (χ1v) is 7.86. The molecule has 112 valence electrons. The van der Waals surface area contributed by atoms with Crippen LogP contribution in [0.1, 0.15) is 32.1 Å². The molecule has 4 atom stereocenters. The molecule has 3 rings (SSSR count). The molecule has 2 amide bonds. The lowest BCUT2D eigenvalue weighted by Gasteiger charge is -2.32. The number of hydrogen-bond acceptors (Lipinski definition) is 3. The summed E-state index contributed by atoms with van der Waals surface area (Å²) in [6.07, 6.45) is 9.64. The summed E-state index contributed by atoms with van der Waals surface area (Å²) in [5.74, 6) is 0.195. The average molecular weight is 279 g/mol. The van der Waals surface area contributed by atoms with E-state index in [1.54, 1.807) is 0 Å². The molecule has 0 aromatic heterocycles. The summed E-state index contributed by atoms with van der Waals surface area (Å²) in [5, 5.41) is 15.2. The van der Waals surface area contributed by atoms with Crippen molar-refractivity contribution in [2.75, 3.05) is 19.7 Å². The fraction of sp³-hybridized carbons (Fsp3) is 0.800. The Balaban J connectivity index is 1.46. The van der Waals surface area contributed by atoms with E-state index in [0.717, 1.165) is 19.4 Å². The minimum absolute atomic E-state index is 0.0596. The van der Waals surface area contributed by atoms with Crippen molar-refractivity contribution >= 4 is 6.03 Å². The van der Waals surface area contributed by atoms with Crippen LogP contribution in [0.4, 0.5) is 4.79 Å². The Bertz CT molecular complexity index is 385. The maximum Gasteiger partial charge on any atom is 0.315 e. The van der Waals surface area contributed by atoms with Gasteiger partial charge in [-0.05, 0) is 32.2 Å². The van der Waals surface area contributed by atoms with Gasteiger partial charge in [0.05, 0.1) is 0 Å². The van der Waals surface area contributed by atoms with Gasteiger partial charge in [-0.25, -0.2) is 4.79 Å². The SMILES string of the molecule is O=C(NC1CCN2CCCCC12)N[C@@H]1C=C[C@H](CO)C1. The molecule has 2 heterocycles. The fourth-order valence-corrected chi connectivity index (χ4v) is 3.81. The zero-order chi connectivity index (χ0) is 13.9. The number of carbonyl (C=O) groups is 1. The second kappa shape index (κ2) is 6.14. The lowest BCUT2D eigenvalue weighted by molar-refractivity contribution is 0.178. The van der Waals surface area contributed by atoms with Gasteiger partial charge in [0.2, 0.25) is 0 Å². The molecule has 3 N–H and O–H groups in total. The number of nitrogens with one attached hydrogen (secondary N) is 2. The summed E-state index contributed by atoms with van der Waals surface area (Å²) >= 11 is 0. The van der Waals surface area contributed by atoms with E-state index in [0.29, 0.717) is 12.1 Å². The molecular formula is C15H25N3O2. The number of rotatable bonds is 3. The van der Waals surface area contributed by atoms with Crippen LogP contribution in [0.15, 0.2) is 12.2 Å². The number of urea groups is 1. The summed E-state index contributed by atoms with van der Waals surface area (Å²) in [6, 6.07) is 0.847. The summed E-state index contributed by atoms with van der Waals surface area (Å²) in [7, 11) is 0. The number of aliphatic hydroxyl groups excluding tert-OH is 1. The number of amides is 2. The Morgan fingerprint density at radius 1 is 1.20 bits per heavy atom. The predicted octanol–water partition coefficient (Wildman–Crippen LogP) is 0.849. The third kappa shape index (κ3) is 2.99. The van der Waals surface area contributed by atoms with Gasteiger partial charge in [-0.3, -0.25) is 4.90 Å². The highest BCUT2D eigenvalue weighted by Gasteiger charge is 2.36. The van der Waals surface area contributed by atoms with Crippen LogP contribution in [0.3, 0.4) is 0 Å². The fourth-order valence-electron chi connectivity index (χ4n) is 3.81. The summed E-state index contributed by atoms with van der Waals surface area (Å²) < 4.78 is 0. The molecule has 2 fully saturated rings. The molecule has 0 saturated carbocycles. The van der Waals surface area contributed by atoms with Crippen molar-refractivity contribution in [2.24, 2.45) is 5.92 Å². The second-order valence-electron chi connectivity index (χ2n) is 6.28. The molecule has 0 radical (unpaired) electrons. The molecule has 0 bridgehead atoms. The standard InChI is InChI=1S/C15H25N3O2/c19-10-11-4-5-12(9-11)16-15(20)17-13-6-8-18-7-2-1-3-14(13)18/h4-5,11-14,19H,1-3,6-10H2,(H2,16,17,20)/t11-,12+,13?,14?/m0/s1. The van der Waals surface area contributed by atoms with Crippen LogP contribution in [0.5, 0.6) is 0 Å². The molecule has 20 heavy (non-hydrogen) atoms. The maximum atomic E-state index is 12.1. The number of carbonyl (C=O) groups excluding carboxylic acids is 1. The van der Waals surface area contributed by atoms with Crippen molar-refractivity contribution in [3.05, 3.63) is 12.2 Å². The van der Waals surface area contributed by atoms with Crippen molar-refractivity contribution in [3.63, 3.8) is 0 Å². The van der Waals surface area contributed by atoms with Crippen LogP contribution in [0.25, 0.3) is 0 Å². The number of piperidine rings is 1. The lowest BCUT2D eigenvalue weighted by atomic mass is 9.99. The van der Waals surface area contributed by atoms with Crippen molar-refractivity contribution in [1.82, 2.24) is 15.5 Å². The first kappa shape index (κ1) is 13.9. The van der Waals surface area contributed by atoms with E-state index in [4.69, 9.17) is 5.11 Å². The van der Waals surface area contributed by atoms with Crippen LogP contribution in [0.2, 0.25) is 0 Å². The van der Waals surface area contributed by atoms with Gasteiger partial charge in [-0.2, -0.15) is 0 Å². The Hall–Kier alpha value is -1.07. The molecule has 3 aliphatic rings. The minimum Gasteiger partial charge on any atom is -0.396 e. The van der Waals surface area contributed by atoms with Gasteiger partial charge in [0.15, 0.2) is 0 Å². The number of nitrogens with zero attached hydrogens (tertiary/aromatic N) is 1. The molecule has 5 heteroatoms. The Kier molecular flexibility index (Phi) is 4.27. The number of hydrogen-bond donors (Lipinski definition) is 3. The molecule has 1 aliphatic carbocycles. The molecule has 0 aromatic carbocycles. The Labute approximate surface area is 120 Å². The van der Waals surface area contributed by atoms with E-state index in [9.17, 15) is 4.79 Å². The molecule has 2 unspecified atom stereocenters. The van der Waals surface area contributed by atoms with Crippen LogP contribution >= 0.6 is 0 Å². The van der Waals surface area contributed by atoms with Crippen LogP contribution in [-0.4, -0.2) is 53.9 Å². The van der Waals surface area contributed by atoms with Crippen molar-refractivity contribution < 1.29 is 9.90 Å². The molecule has 2 aliphatic heterocycles. The Morgan fingerprint density at radius 3 is 2.90 bits per heavy atom. The van der Waals surface area contributed by atoms with E-state index < -0.39 is 0 Å². The highest BCUT2D eigenvalue weighted by Crippen LogP contribution is 2.27. The van der Waals surface area contributed by atoms with Crippen LogP contribution in [0, 0.1) is 5.92 Å². The largest absolute Gasteiger partial charge is 0.396 e. The molecule has 5 nitrogen and oxygen atoms in total. The Morgan fingerprint density at radius 2 is 2.10 bits per heavy atom. The van der Waals surface area contributed by atoms with Gasteiger partial charge < -0.3 is 15.7 Å². The summed E-state index contributed by atoms with van der Waals surface area (Å²) in [4.78, 5) is 14.6. The van der Waals surface area contributed by atoms with Crippen molar-refractivity contribution in [3.8, 4) is 0 Å². The van der Waals surface area contributed by atoms with E-state index in [-0.39, 0.29) is 24.6 Å². The van der Waals surface area contributed by atoms with Gasteiger partial charge >= 0.3 is 6.03 Å². The smallest absolute Gasteiger partial charge is 0.315 e. The van der Waals surface area contributed by atoms with E-state index in [1.807, 2.05) is 12.2 Å². The maximum absolute atomic E-state index is 12.1. The third-order valence-electron chi connectivity index (χ3n) is 4.90. The zero-order valence-corrected chi connectivity index (χ0v) is 11.9. The van der Waals surface area contributed by atoms with Gasteiger partial charge in [-0.1, -0.05) is 18.6 Å². The van der Waals surface area contributed by atoms with Gasteiger partial charge in [-0.15, -0.1) is 0 Å². The van der Waals surface area contributed by atoms with Gasteiger partial charge in [0, 0.05) is 37.2 Å². The molecule has 2 saturated heterocycles. The molecular weight excluding hydrogens is 254 g/mol. The normalized spacial score (nSPS) is 36.9. The van der Waals surface area contributed by atoms with Crippen molar-refractivity contribution in [2.45, 2.75) is 50.2 Å².